The molecular formula is C20H21ClO2. The highest BCUT2D eigenvalue weighted by Gasteiger charge is 2.32. The van der Waals surface area contributed by atoms with Crippen molar-refractivity contribution in [3.63, 3.8) is 0 Å². The van der Waals surface area contributed by atoms with Crippen molar-refractivity contribution in [3.05, 3.63) is 77.1 Å². The molecule has 0 aromatic heterocycles. The zero-order chi connectivity index (χ0) is 16.4. The van der Waals surface area contributed by atoms with E-state index in [2.05, 4.69) is 25.1 Å². The average molecular weight is 329 g/mol. The number of hydrogen-bond donors (Lipinski definition) is 1. The van der Waals surface area contributed by atoms with E-state index in [1.54, 1.807) is 7.11 Å². The zero-order valence-corrected chi connectivity index (χ0v) is 14.2. The molecule has 0 heterocycles. The predicted molar refractivity (Wildman–Crippen MR) is 95.3 cm³/mol. The second-order valence-corrected chi connectivity index (χ2v) is 6.69. The third-order valence-electron chi connectivity index (χ3n) is 4.59. The quantitative estimate of drug-likeness (QED) is 0.837. The number of halogens is 1. The van der Waals surface area contributed by atoms with Crippen molar-refractivity contribution < 1.29 is 9.84 Å². The highest BCUT2D eigenvalue weighted by atomic mass is 35.5. The van der Waals surface area contributed by atoms with Crippen LogP contribution >= 0.6 is 11.6 Å². The zero-order valence-electron chi connectivity index (χ0n) is 13.4. The first-order valence-corrected chi connectivity index (χ1v) is 8.20. The molecule has 0 spiro atoms. The molecule has 2 aliphatic rings. The Morgan fingerprint density at radius 3 is 2.96 bits per heavy atom. The van der Waals surface area contributed by atoms with Crippen molar-refractivity contribution in [1.29, 1.82) is 0 Å². The third-order valence-corrected chi connectivity index (χ3v) is 5.15. The highest BCUT2D eigenvalue weighted by molar-refractivity contribution is 6.27. The number of allylic oxidation sites excluding steroid dienone is 5. The minimum atomic E-state index is -0.698. The fraction of sp³-hybridized carbons (Fsp3) is 0.300. The summed E-state index contributed by atoms with van der Waals surface area (Å²) < 4.78 is 5.32. The van der Waals surface area contributed by atoms with Gasteiger partial charge in [0.15, 0.2) is 0 Å². The molecule has 120 valence electrons. The molecule has 0 radical (unpaired) electrons. The molecule has 0 saturated heterocycles. The minimum Gasteiger partial charge on any atom is -0.497 e. The lowest BCUT2D eigenvalue weighted by Gasteiger charge is -2.30. The van der Waals surface area contributed by atoms with E-state index in [-0.39, 0.29) is 12.5 Å². The van der Waals surface area contributed by atoms with Crippen LogP contribution in [0.5, 0.6) is 0 Å². The number of rotatable bonds is 4. The summed E-state index contributed by atoms with van der Waals surface area (Å²) in [5.74, 6) is 0.856. The molecule has 23 heavy (non-hydrogen) atoms. The van der Waals surface area contributed by atoms with E-state index in [4.69, 9.17) is 16.3 Å². The molecule has 0 bridgehead atoms. The molecule has 3 heteroatoms. The summed E-state index contributed by atoms with van der Waals surface area (Å²) in [4.78, 5) is -0.698. The van der Waals surface area contributed by atoms with Crippen LogP contribution in [0.15, 0.2) is 66.0 Å². The molecule has 2 nitrogen and oxygen atoms in total. The van der Waals surface area contributed by atoms with Gasteiger partial charge in [-0.15, -0.1) is 11.6 Å². The van der Waals surface area contributed by atoms with Gasteiger partial charge in [0.1, 0.15) is 5.76 Å². The van der Waals surface area contributed by atoms with Crippen LogP contribution in [0.2, 0.25) is 0 Å². The van der Waals surface area contributed by atoms with Crippen molar-refractivity contribution in [3.8, 4) is 0 Å². The van der Waals surface area contributed by atoms with Gasteiger partial charge in [-0.2, -0.15) is 0 Å². The van der Waals surface area contributed by atoms with Crippen molar-refractivity contribution in [2.24, 2.45) is 5.92 Å². The van der Waals surface area contributed by atoms with Gasteiger partial charge in [-0.25, -0.2) is 0 Å². The lowest BCUT2D eigenvalue weighted by Crippen LogP contribution is -2.28. The summed E-state index contributed by atoms with van der Waals surface area (Å²) in [7, 11) is 1.63. The number of aliphatic hydroxyl groups is 1. The Morgan fingerprint density at radius 2 is 2.22 bits per heavy atom. The second kappa shape index (κ2) is 6.38. The van der Waals surface area contributed by atoms with Gasteiger partial charge in [0.25, 0.3) is 0 Å². The van der Waals surface area contributed by atoms with Gasteiger partial charge in [-0.1, -0.05) is 49.4 Å². The third kappa shape index (κ3) is 3.01. The molecule has 1 aromatic rings. The fourth-order valence-electron chi connectivity index (χ4n) is 3.15. The highest BCUT2D eigenvalue weighted by Crippen LogP contribution is 2.39. The van der Waals surface area contributed by atoms with E-state index in [1.807, 2.05) is 36.4 Å². The van der Waals surface area contributed by atoms with E-state index in [9.17, 15) is 5.11 Å². The summed E-state index contributed by atoms with van der Waals surface area (Å²) in [5.41, 5.74) is 4.41. The SMILES string of the molecule is COC1=CC(Cl)(/C=C(\CO)C2=CCc3ccccc32)C(C)C=C1. The maximum absolute atomic E-state index is 9.93. The Kier molecular flexibility index (Phi) is 4.47. The Hall–Kier alpha value is -1.77. The summed E-state index contributed by atoms with van der Waals surface area (Å²) >= 11 is 6.86. The van der Waals surface area contributed by atoms with E-state index < -0.39 is 4.87 Å². The van der Waals surface area contributed by atoms with E-state index >= 15 is 0 Å². The molecular weight excluding hydrogens is 308 g/mol. The molecule has 0 amide bonds. The molecule has 2 aliphatic carbocycles. The average Bonchev–Trinajstić information content (AvgIpc) is 2.99. The van der Waals surface area contributed by atoms with Gasteiger partial charge in [-0.05, 0) is 40.8 Å². The monoisotopic (exact) mass is 328 g/mol. The lowest BCUT2D eigenvalue weighted by molar-refractivity contribution is 0.299. The van der Waals surface area contributed by atoms with Crippen LogP contribution < -0.4 is 0 Å². The van der Waals surface area contributed by atoms with Gasteiger partial charge >= 0.3 is 0 Å². The molecule has 0 fully saturated rings. The summed E-state index contributed by atoms with van der Waals surface area (Å²) in [6, 6.07) is 8.29. The van der Waals surface area contributed by atoms with Gasteiger partial charge in [0.2, 0.25) is 0 Å². The van der Waals surface area contributed by atoms with Crippen molar-refractivity contribution >= 4 is 17.2 Å². The molecule has 0 saturated carbocycles. The number of fused-ring (bicyclic) bond motifs is 1. The summed E-state index contributed by atoms with van der Waals surface area (Å²) in [6.45, 7) is 2.02. The van der Waals surface area contributed by atoms with Gasteiger partial charge in [0.05, 0.1) is 18.6 Å². The predicted octanol–water partition coefficient (Wildman–Crippen LogP) is 4.26. The van der Waals surface area contributed by atoms with Crippen molar-refractivity contribution in [1.82, 2.24) is 0 Å². The van der Waals surface area contributed by atoms with Crippen LogP contribution in [0.1, 0.15) is 18.1 Å². The van der Waals surface area contributed by atoms with Crippen LogP contribution in [-0.2, 0) is 11.2 Å². The van der Waals surface area contributed by atoms with Crippen molar-refractivity contribution in [2.45, 2.75) is 18.2 Å². The number of alkyl halides is 1. The Labute approximate surface area is 142 Å². The number of ether oxygens (including phenoxy) is 1. The van der Waals surface area contributed by atoms with Crippen LogP contribution in [0, 0.1) is 5.92 Å². The number of methoxy groups -OCH3 is 1. The molecule has 0 aliphatic heterocycles. The first kappa shape index (κ1) is 16.1. The second-order valence-electron chi connectivity index (χ2n) is 6.03. The molecule has 1 N–H and O–H groups in total. The van der Waals surface area contributed by atoms with E-state index in [0.29, 0.717) is 0 Å². The Morgan fingerprint density at radius 1 is 1.43 bits per heavy atom. The van der Waals surface area contributed by atoms with E-state index in [1.165, 1.54) is 11.1 Å². The van der Waals surface area contributed by atoms with Gasteiger partial charge in [-0.3, -0.25) is 0 Å². The van der Waals surface area contributed by atoms with Gasteiger partial charge < -0.3 is 9.84 Å². The minimum absolute atomic E-state index is 0.0404. The molecule has 2 unspecified atom stereocenters. The molecule has 2 atom stereocenters. The Balaban J connectivity index is 2.00. The fourth-order valence-corrected chi connectivity index (χ4v) is 3.46. The molecule has 1 aromatic carbocycles. The first-order valence-electron chi connectivity index (χ1n) is 7.83. The smallest absolute Gasteiger partial charge is 0.116 e. The lowest BCUT2D eigenvalue weighted by atomic mass is 9.85. The Bertz CT molecular complexity index is 727. The van der Waals surface area contributed by atoms with Gasteiger partial charge in [0, 0.05) is 5.92 Å². The number of benzene rings is 1. The van der Waals surface area contributed by atoms with Crippen LogP contribution in [-0.4, -0.2) is 23.7 Å². The van der Waals surface area contributed by atoms with Crippen LogP contribution in [0.25, 0.3) is 5.57 Å². The normalized spacial score (nSPS) is 26.6. The first-order chi connectivity index (χ1) is 11.1. The summed E-state index contributed by atoms with van der Waals surface area (Å²) in [5, 5.41) is 9.93. The largest absolute Gasteiger partial charge is 0.497 e. The van der Waals surface area contributed by atoms with Crippen LogP contribution in [0.4, 0.5) is 0 Å². The maximum atomic E-state index is 9.93. The summed E-state index contributed by atoms with van der Waals surface area (Å²) in [6.07, 6.45) is 10.9. The topological polar surface area (TPSA) is 29.5 Å². The van der Waals surface area contributed by atoms with E-state index in [0.717, 1.165) is 23.3 Å². The van der Waals surface area contributed by atoms with Crippen molar-refractivity contribution in [2.75, 3.05) is 13.7 Å². The standard InChI is InChI=1S/C20H21ClO2/c1-14-7-9-17(23-2)12-20(14,21)11-16(13-22)19-10-8-15-5-3-4-6-18(15)19/h3-7,9-12,14,22H,8,13H2,1-2H3/b16-11+. The maximum Gasteiger partial charge on any atom is 0.116 e. The molecule has 3 rings (SSSR count). The number of aliphatic hydroxyl groups excluding tert-OH is 1. The number of hydrogen-bond acceptors (Lipinski definition) is 2. The van der Waals surface area contributed by atoms with Crippen LogP contribution in [0.3, 0.4) is 0 Å².